The number of amides is 2. The quantitative estimate of drug-likeness (QED) is 0.771. The zero-order valence-electron chi connectivity index (χ0n) is 13.0. The molecule has 122 valence electrons. The molecule has 0 aromatic carbocycles. The van der Waals surface area contributed by atoms with E-state index in [9.17, 15) is 9.59 Å². The van der Waals surface area contributed by atoms with Crippen LogP contribution >= 0.6 is 0 Å². The van der Waals surface area contributed by atoms with Gasteiger partial charge in [-0.05, 0) is 39.0 Å². The maximum absolute atomic E-state index is 11.9. The van der Waals surface area contributed by atoms with E-state index in [1.54, 1.807) is 0 Å². The molecule has 1 aromatic rings. The summed E-state index contributed by atoms with van der Waals surface area (Å²) < 4.78 is 5.13. The van der Waals surface area contributed by atoms with Crippen LogP contribution in [-0.2, 0) is 17.8 Å². The number of carbonyl (C=O) groups excluding carboxylic acids is 1. The highest BCUT2D eigenvalue weighted by molar-refractivity contribution is 5.74. The highest BCUT2D eigenvalue weighted by atomic mass is 16.5. The molecule has 1 aliphatic rings. The molecule has 0 bridgehead atoms. The van der Waals surface area contributed by atoms with Gasteiger partial charge in [-0.2, -0.15) is 0 Å². The van der Waals surface area contributed by atoms with E-state index in [-0.39, 0.29) is 18.0 Å². The molecule has 0 saturated heterocycles. The van der Waals surface area contributed by atoms with Crippen LogP contribution in [-0.4, -0.2) is 28.3 Å². The molecule has 0 unspecified atom stereocenters. The lowest BCUT2D eigenvalue weighted by molar-refractivity contribution is -0.142. The number of hydrogen-bond donors (Lipinski definition) is 3. The number of carboxylic acids is 1. The van der Waals surface area contributed by atoms with Crippen LogP contribution in [0.2, 0.25) is 0 Å². The summed E-state index contributed by atoms with van der Waals surface area (Å²) in [5.41, 5.74) is 1.78. The fourth-order valence-corrected chi connectivity index (χ4v) is 2.83. The third-order valence-electron chi connectivity index (χ3n) is 4.24. The van der Waals surface area contributed by atoms with Crippen LogP contribution in [0.1, 0.15) is 49.6 Å². The van der Waals surface area contributed by atoms with Crippen LogP contribution in [0.25, 0.3) is 0 Å². The lowest BCUT2D eigenvalue weighted by Crippen LogP contribution is -2.44. The van der Waals surface area contributed by atoms with Gasteiger partial charge in [-0.15, -0.1) is 0 Å². The first-order valence-corrected chi connectivity index (χ1v) is 7.72. The Morgan fingerprint density at radius 1 is 1.32 bits per heavy atom. The Hall–Kier alpha value is -2.05. The second kappa shape index (κ2) is 7.29. The molecule has 7 heteroatoms. The van der Waals surface area contributed by atoms with E-state index in [0.717, 1.165) is 23.4 Å². The van der Waals surface area contributed by atoms with Gasteiger partial charge in [0.05, 0.1) is 11.6 Å². The number of nitrogens with zero attached hydrogens (tertiary/aromatic N) is 1. The van der Waals surface area contributed by atoms with Crippen LogP contribution in [0.4, 0.5) is 4.79 Å². The van der Waals surface area contributed by atoms with Gasteiger partial charge in [0.2, 0.25) is 0 Å². The van der Waals surface area contributed by atoms with Crippen molar-refractivity contribution < 1.29 is 19.2 Å². The second-order valence-electron chi connectivity index (χ2n) is 5.73. The van der Waals surface area contributed by atoms with Crippen molar-refractivity contribution in [2.24, 2.45) is 5.92 Å². The van der Waals surface area contributed by atoms with E-state index in [2.05, 4.69) is 15.8 Å². The summed E-state index contributed by atoms with van der Waals surface area (Å²) in [6.07, 6.45) is 3.40. The Morgan fingerprint density at radius 3 is 2.59 bits per heavy atom. The third kappa shape index (κ3) is 3.99. The van der Waals surface area contributed by atoms with E-state index in [0.29, 0.717) is 32.2 Å². The number of carbonyl (C=O) groups is 2. The van der Waals surface area contributed by atoms with E-state index in [1.807, 2.05) is 13.8 Å². The van der Waals surface area contributed by atoms with E-state index < -0.39 is 5.97 Å². The Balaban J connectivity index is 1.77. The molecule has 1 heterocycles. The predicted octanol–water partition coefficient (Wildman–Crippen LogP) is 1.99. The molecular weight excluding hydrogens is 286 g/mol. The van der Waals surface area contributed by atoms with E-state index in [1.165, 1.54) is 0 Å². The molecule has 1 fully saturated rings. The minimum atomic E-state index is -0.738. The van der Waals surface area contributed by atoms with Gasteiger partial charge in [-0.3, -0.25) is 4.79 Å². The van der Waals surface area contributed by atoms with Crippen molar-refractivity contribution >= 4 is 12.0 Å². The van der Waals surface area contributed by atoms with Crippen molar-refractivity contribution in [1.82, 2.24) is 15.8 Å². The Bertz CT molecular complexity index is 533. The van der Waals surface area contributed by atoms with Gasteiger partial charge in [0, 0.05) is 18.2 Å². The fraction of sp³-hybridized carbons (Fsp3) is 0.667. The first-order valence-electron chi connectivity index (χ1n) is 7.72. The largest absolute Gasteiger partial charge is 0.481 e. The third-order valence-corrected chi connectivity index (χ3v) is 4.24. The van der Waals surface area contributed by atoms with Crippen molar-refractivity contribution in [1.29, 1.82) is 0 Å². The molecule has 22 heavy (non-hydrogen) atoms. The summed E-state index contributed by atoms with van der Waals surface area (Å²) in [4.78, 5) is 22.8. The molecule has 2 rings (SSSR count). The second-order valence-corrected chi connectivity index (χ2v) is 5.73. The zero-order valence-corrected chi connectivity index (χ0v) is 13.0. The highest BCUT2D eigenvalue weighted by Crippen LogP contribution is 2.24. The van der Waals surface area contributed by atoms with Gasteiger partial charge < -0.3 is 20.3 Å². The monoisotopic (exact) mass is 309 g/mol. The number of hydrogen-bond acceptors (Lipinski definition) is 4. The molecular formula is C15H23N3O4. The molecule has 7 nitrogen and oxygen atoms in total. The minimum Gasteiger partial charge on any atom is -0.481 e. The van der Waals surface area contributed by atoms with Crippen LogP contribution in [0.3, 0.4) is 0 Å². The summed E-state index contributed by atoms with van der Waals surface area (Å²) in [5.74, 6) is -0.287. The van der Waals surface area contributed by atoms with Crippen molar-refractivity contribution in [2.75, 3.05) is 0 Å². The van der Waals surface area contributed by atoms with Gasteiger partial charge in [-0.25, -0.2) is 4.79 Å². The molecule has 0 aliphatic heterocycles. The summed E-state index contributed by atoms with van der Waals surface area (Å²) in [7, 11) is 0. The number of aryl methyl sites for hydroxylation is 2. The minimum absolute atomic E-state index is 0.0461. The van der Waals surface area contributed by atoms with Crippen LogP contribution < -0.4 is 10.6 Å². The van der Waals surface area contributed by atoms with Gasteiger partial charge in [0.25, 0.3) is 0 Å². The lowest BCUT2D eigenvalue weighted by Gasteiger charge is -2.26. The maximum Gasteiger partial charge on any atom is 0.315 e. The summed E-state index contributed by atoms with van der Waals surface area (Å²) in [6, 6.07) is -0.189. The molecule has 1 aliphatic carbocycles. The molecule has 0 radical (unpaired) electrons. The highest BCUT2D eigenvalue weighted by Gasteiger charge is 2.26. The molecule has 1 saturated carbocycles. The number of nitrogens with one attached hydrogen (secondary N) is 2. The Morgan fingerprint density at radius 2 is 2.00 bits per heavy atom. The summed E-state index contributed by atoms with van der Waals surface area (Å²) in [6.45, 7) is 4.20. The predicted molar refractivity (Wildman–Crippen MR) is 79.4 cm³/mol. The van der Waals surface area contributed by atoms with E-state index in [4.69, 9.17) is 9.63 Å². The van der Waals surface area contributed by atoms with Crippen molar-refractivity contribution in [3.8, 4) is 0 Å². The molecule has 0 atom stereocenters. The fourth-order valence-electron chi connectivity index (χ4n) is 2.83. The normalized spacial score (nSPS) is 21.4. The number of rotatable bonds is 5. The van der Waals surface area contributed by atoms with Crippen LogP contribution in [0, 0.1) is 12.8 Å². The van der Waals surface area contributed by atoms with Crippen LogP contribution in [0.15, 0.2) is 4.52 Å². The van der Waals surface area contributed by atoms with E-state index >= 15 is 0 Å². The molecule has 3 N–H and O–H groups in total. The number of carboxylic acid groups (broad SMARTS) is 1. The first kappa shape index (κ1) is 16.3. The molecule has 2 amide bonds. The molecule has 1 aromatic heterocycles. The number of urea groups is 1. The van der Waals surface area contributed by atoms with Crippen molar-refractivity contribution in [3.63, 3.8) is 0 Å². The van der Waals surface area contributed by atoms with Gasteiger partial charge in [0.15, 0.2) is 0 Å². The Kier molecular flexibility index (Phi) is 5.41. The average molecular weight is 309 g/mol. The van der Waals surface area contributed by atoms with Gasteiger partial charge in [0.1, 0.15) is 5.76 Å². The zero-order chi connectivity index (χ0) is 16.1. The number of aromatic nitrogens is 1. The summed E-state index contributed by atoms with van der Waals surface area (Å²) in [5, 5.41) is 18.6. The standard InChI is InChI=1S/C15H23N3O4/c1-3-13-12(9(2)22-18-13)8-16-15(21)17-11-6-4-10(5-7-11)14(19)20/h10-11H,3-8H2,1-2H3,(H,19,20)(H2,16,17,21). The molecule has 0 spiro atoms. The van der Waals surface area contributed by atoms with Crippen LogP contribution in [0.5, 0.6) is 0 Å². The maximum atomic E-state index is 11.9. The van der Waals surface area contributed by atoms with Gasteiger partial charge in [-0.1, -0.05) is 12.1 Å². The smallest absolute Gasteiger partial charge is 0.315 e. The number of aliphatic carboxylic acids is 1. The average Bonchev–Trinajstić information content (AvgIpc) is 2.86. The summed E-state index contributed by atoms with van der Waals surface area (Å²) >= 11 is 0. The van der Waals surface area contributed by atoms with Crippen molar-refractivity contribution in [2.45, 2.75) is 58.5 Å². The SMILES string of the molecule is CCc1noc(C)c1CNC(=O)NC1CCC(C(=O)O)CC1. The Labute approximate surface area is 129 Å². The lowest BCUT2D eigenvalue weighted by atomic mass is 9.86. The van der Waals surface area contributed by atoms with Crippen molar-refractivity contribution in [3.05, 3.63) is 17.0 Å². The first-order chi connectivity index (χ1) is 10.5. The topological polar surface area (TPSA) is 104 Å². The van der Waals surface area contributed by atoms with Gasteiger partial charge >= 0.3 is 12.0 Å².